The van der Waals surface area contributed by atoms with Crippen LogP contribution in [-0.2, 0) is 44.2 Å². The van der Waals surface area contributed by atoms with Crippen LogP contribution in [0.15, 0.2) is 6.07 Å². The molecular weight excluding hydrogens is 410 g/mol. The van der Waals surface area contributed by atoms with Crippen LogP contribution < -0.4 is 0 Å². The molecule has 176 valence electrons. The normalized spacial score (nSPS) is 13.9. The van der Waals surface area contributed by atoms with E-state index in [-0.39, 0.29) is 16.2 Å². The molecule has 0 saturated carbocycles. The van der Waals surface area contributed by atoms with Gasteiger partial charge in [0, 0.05) is 0 Å². The van der Waals surface area contributed by atoms with Crippen LogP contribution in [0.3, 0.4) is 0 Å². The molecule has 0 spiro atoms. The molecule has 0 fully saturated rings. The second kappa shape index (κ2) is 10.7. The minimum atomic E-state index is -3.83. The number of hydrogen-bond acceptors (Lipinski definition) is 3. The van der Waals surface area contributed by atoms with Gasteiger partial charge in [-0.15, -0.1) is 0 Å². The summed E-state index contributed by atoms with van der Waals surface area (Å²) >= 11 is -3.83. The molecule has 1 heterocycles. The Morgan fingerprint density at radius 1 is 0.667 bits per heavy atom. The molecule has 0 radical (unpaired) electrons. The van der Waals surface area contributed by atoms with E-state index in [1.807, 2.05) is 20.8 Å². The molecule has 5 heteroatoms. The van der Waals surface area contributed by atoms with Gasteiger partial charge in [0.15, 0.2) is 0 Å². The molecule has 0 N–H and O–H groups in total. The van der Waals surface area contributed by atoms with Crippen molar-refractivity contribution < 1.29 is 28.0 Å². The first-order valence-corrected chi connectivity index (χ1v) is 14.6. The Hall–Kier alpha value is -0.126. The molecule has 1 aromatic heterocycles. The number of hydrogen-bond donors (Lipinski definition) is 0. The molecule has 1 rings (SSSR count). The summed E-state index contributed by atoms with van der Waals surface area (Å²) in [7, 11) is 0. The quantitative estimate of drug-likeness (QED) is 0.290. The van der Waals surface area contributed by atoms with Gasteiger partial charge in [-0.3, -0.25) is 0 Å². The minimum absolute atomic E-state index is 0.0115. The Morgan fingerprint density at radius 3 is 1.40 bits per heavy atom. The Labute approximate surface area is 192 Å². The zero-order chi connectivity index (χ0) is 23.4. The third-order valence-electron chi connectivity index (χ3n) is 6.97. The van der Waals surface area contributed by atoms with Crippen molar-refractivity contribution in [2.24, 2.45) is 0 Å². The number of rotatable bonds is 13. The van der Waals surface area contributed by atoms with Gasteiger partial charge in [0.25, 0.3) is 0 Å². The summed E-state index contributed by atoms with van der Waals surface area (Å²) in [5.74, 6) is 0. The first kappa shape index (κ1) is 27.9. The maximum absolute atomic E-state index is 6.52. The Balaban J connectivity index is 4.23. The van der Waals surface area contributed by atoms with Crippen LogP contribution in [-0.4, -0.2) is 22.9 Å². The van der Waals surface area contributed by atoms with Crippen molar-refractivity contribution in [3.8, 4) is 0 Å². The van der Waals surface area contributed by atoms with E-state index in [1.165, 1.54) is 17.0 Å². The molecule has 0 saturated heterocycles. The van der Waals surface area contributed by atoms with Gasteiger partial charge in [-0.1, -0.05) is 0 Å². The monoisotopic (exact) mass is 459 g/mol. The predicted octanol–water partition coefficient (Wildman–Crippen LogP) is 7.32. The van der Waals surface area contributed by atoms with Gasteiger partial charge < -0.3 is 0 Å². The van der Waals surface area contributed by atoms with Gasteiger partial charge in [0.2, 0.25) is 0 Å². The van der Waals surface area contributed by atoms with E-state index in [0.29, 0.717) is 19.8 Å². The fraction of sp³-hybridized carbons (Fsp3) is 0.840. The van der Waals surface area contributed by atoms with Gasteiger partial charge in [-0.05, 0) is 0 Å². The van der Waals surface area contributed by atoms with E-state index in [9.17, 15) is 0 Å². The first-order valence-electron chi connectivity index (χ1n) is 12.0. The summed E-state index contributed by atoms with van der Waals surface area (Å²) < 4.78 is 22.0. The average molecular weight is 460 g/mol. The Kier molecular flexibility index (Phi) is 9.92. The molecule has 0 atom stereocenters. The molecule has 0 unspecified atom stereocenters. The SMILES string of the molecule is CC[O][Ti]([O]CC)([O]CC)[n]1c(C(C)(C)CC)cc(C(C)(C)CC)c1C(C)(C)CC. The third kappa shape index (κ3) is 5.43. The van der Waals surface area contributed by atoms with Crippen LogP contribution in [0.4, 0.5) is 0 Å². The summed E-state index contributed by atoms with van der Waals surface area (Å²) in [6.07, 6.45) is 3.16. The van der Waals surface area contributed by atoms with E-state index < -0.39 is 18.0 Å². The molecule has 0 bridgehead atoms. The zero-order valence-corrected chi connectivity index (χ0v) is 23.6. The predicted molar refractivity (Wildman–Crippen MR) is 125 cm³/mol. The molecular formula is C25H49NO3Ti. The summed E-state index contributed by atoms with van der Waals surface area (Å²) in [6.45, 7) is 28.8. The van der Waals surface area contributed by atoms with Crippen molar-refractivity contribution in [1.82, 2.24) is 3.05 Å². The summed E-state index contributed by atoms with van der Waals surface area (Å²) in [6, 6.07) is 2.46. The van der Waals surface area contributed by atoms with Crippen LogP contribution in [0.1, 0.15) is 119 Å². The van der Waals surface area contributed by atoms with Crippen molar-refractivity contribution in [2.45, 2.75) is 119 Å². The van der Waals surface area contributed by atoms with Crippen molar-refractivity contribution in [1.29, 1.82) is 0 Å². The second-order valence-electron chi connectivity index (χ2n) is 10.2. The van der Waals surface area contributed by atoms with Crippen LogP contribution in [0.5, 0.6) is 0 Å². The van der Waals surface area contributed by atoms with Crippen molar-refractivity contribution >= 4 is 0 Å². The maximum atomic E-state index is 6.52. The third-order valence-corrected chi connectivity index (χ3v) is 11.6. The number of nitrogens with zero attached hydrogens (tertiary/aromatic N) is 1. The van der Waals surface area contributed by atoms with Gasteiger partial charge in [-0.25, -0.2) is 0 Å². The Morgan fingerprint density at radius 2 is 1.07 bits per heavy atom. The second-order valence-corrected chi connectivity index (χ2v) is 13.8. The summed E-state index contributed by atoms with van der Waals surface area (Å²) in [5.41, 5.74) is 4.10. The topological polar surface area (TPSA) is 32.6 Å². The summed E-state index contributed by atoms with van der Waals surface area (Å²) in [4.78, 5) is 0. The van der Waals surface area contributed by atoms with Gasteiger partial charge in [0.1, 0.15) is 0 Å². The Bertz CT molecular complexity index is 659. The fourth-order valence-corrected chi connectivity index (χ4v) is 8.71. The van der Waals surface area contributed by atoms with Gasteiger partial charge in [0.05, 0.1) is 0 Å². The van der Waals surface area contributed by atoms with E-state index >= 15 is 0 Å². The van der Waals surface area contributed by atoms with Crippen LogP contribution in [0.2, 0.25) is 0 Å². The zero-order valence-electron chi connectivity index (χ0n) is 22.0. The van der Waals surface area contributed by atoms with Crippen molar-refractivity contribution in [3.63, 3.8) is 0 Å². The molecule has 0 aliphatic rings. The molecule has 0 aromatic carbocycles. The van der Waals surface area contributed by atoms with Crippen LogP contribution in [0.25, 0.3) is 0 Å². The van der Waals surface area contributed by atoms with E-state index in [1.54, 1.807) is 0 Å². The summed E-state index contributed by atoms with van der Waals surface area (Å²) in [5, 5.41) is 0. The van der Waals surface area contributed by atoms with Crippen molar-refractivity contribution in [2.75, 3.05) is 19.8 Å². The van der Waals surface area contributed by atoms with E-state index in [4.69, 9.17) is 9.96 Å². The molecule has 0 amide bonds. The van der Waals surface area contributed by atoms with E-state index in [2.05, 4.69) is 71.4 Å². The van der Waals surface area contributed by atoms with Crippen LogP contribution >= 0.6 is 0 Å². The fourth-order valence-electron chi connectivity index (χ4n) is 3.88. The standard InChI is InChI=1S/C19H34N.3C2H5O.Ti/c1-10-17(4,5)14-13-15(18(6,7)11-2)20-16(14)19(8,9)12-3;3*1-2-3;/h13H,10-12H2,1-9H3;3*2H2,1H3;/q4*-1;+4. The molecule has 0 aliphatic carbocycles. The molecule has 0 aliphatic heterocycles. The molecule has 1 aromatic rings. The average Bonchev–Trinajstić information content (AvgIpc) is 3.12. The van der Waals surface area contributed by atoms with Gasteiger partial charge in [-0.2, -0.15) is 0 Å². The van der Waals surface area contributed by atoms with Crippen LogP contribution in [0, 0.1) is 0 Å². The molecule has 30 heavy (non-hydrogen) atoms. The number of aromatic nitrogens is 1. The first-order chi connectivity index (χ1) is 13.8. The van der Waals surface area contributed by atoms with Crippen molar-refractivity contribution in [3.05, 3.63) is 23.0 Å². The molecule has 4 nitrogen and oxygen atoms in total. The van der Waals surface area contributed by atoms with E-state index in [0.717, 1.165) is 19.3 Å². The van der Waals surface area contributed by atoms with Gasteiger partial charge >= 0.3 is 192 Å².